The SMILES string of the molecule is C[C@H](N)CC(=O)Cc1cc2cc(Br)c(F)cc2c(=O)[nH]1. The Balaban J connectivity index is 2.40. The first-order valence-electron chi connectivity index (χ1n) is 6.15. The normalized spacial score (nSPS) is 12.6. The van der Waals surface area contributed by atoms with Crippen LogP contribution in [0.4, 0.5) is 4.39 Å². The van der Waals surface area contributed by atoms with Crippen molar-refractivity contribution in [3.05, 3.63) is 44.5 Å². The summed E-state index contributed by atoms with van der Waals surface area (Å²) in [7, 11) is 0. The van der Waals surface area contributed by atoms with Crippen LogP contribution in [0.5, 0.6) is 0 Å². The molecule has 0 radical (unpaired) electrons. The molecule has 2 rings (SSSR count). The molecule has 1 aromatic carbocycles. The summed E-state index contributed by atoms with van der Waals surface area (Å²) >= 11 is 3.08. The van der Waals surface area contributed by atoms with Crippen molar-refractivity contribution < 1.29 is 9.18 Å². The minimum atomic E-state index is -0.496. The van der Waals surface area contributed by atoms with E-state index in [4.69, 9.17) is 5.73 Å². The third kappa shape index (κ3) is 3.32. The number of H-pyrrole nitrogens is 1. The molecule has 0 saturated heterocycles. The minimum absolute atomic E-state index is 0.0452. The van der Waals surface area contributed by atoms with Gasteiger partial charge < -0.3 is 10.7 Å². The van der Waals surface area contributed by atoms with Gasteiger partial charge in [-0.25, -0.2) is 4.39 Å². The highest BCUT2D eigenvalue weighted by molar-refractivity contribution is 9.10. The van der Waals surface area contributed by atoms with Crippen molar-refractivity contribution in [3.63, 3.8) is 0 Å². The van der Waals surface area contributed by atoms with Gasteiger partial charge in [0, 0.05) is 30.0 Å². The highest BCUT2D eigenvalue weighted by Crippen LogP contribution is 2.21. The van der Waals surface area contributed by atoms with E-state index in [0.717, 1.165) is 0 Å². The maximum absolute atomic E-state index is 13.4. The van der Waals surface area contributed by atoms with Gasteiger partial charge in [-0.2, -0.15) is 0 Å². The smallest absolute Gasteiger partial charge is 0.256 e. The van der Waals surface area contributed by atoms with Gasteiger partial charge in [-0.1, -0.05) is 0 Å². The number of halogens is 2. The fourth-order valence-corrected chi connectivity index (χ4v) is 2.42. The topological polar surface area (TPSA) is 76.0 Å². The number of hydrogen-bond donors (Lipinski definition) is 2. The first-order chi connectivity index (χ1) is 9.36. The first kappa shape index (κ1) is 14.9. The molecule has 0 saturated carbocycles. The van der Waals surface area contributed by atoms with Gasteiger partial charge in [-0.05, 0) is 46.4 Å². The number of fused-ring (bicyclic) bond motifs is 1. The van der Waals surface area contributed by atoms with E-state index < -0.39 is 11.4 Å². The molecule has 1 atom stereocenters. The van der Waals surface area contributed by atoms with Crippen molar-refractivity contribution in [2.24, 2.45) is 5.73 Å². The van der Waals surface area contributed by atoms with Crippen molar-refractivity contribution in [1.82, 2.24) is 4.98 Å². The summed E-state index contributed by atoms with van der Waals surface area (Å²) < 4.78 is 13.7. The maximum Gasteiger partial charge on any atom is 0.256 e. The number of ketones is 1. The van der Waals surface area contributed by atoms with Crippen molar-refractivity contribution >= 4 is 32.5 Å². The highest BCUT2D eigenvalue weighted by atomic mass is 79.9. The maximum atomic E-state index is 13.4. The number of rotatable bonds is 4. The van der Waals surface area contributed by atoms with Crippen LogP contribution in [0.2, 0.25) is 0 Å². The van der Waals surface area contributed by atoms with Crippen LogP contribution in [0.3, 0.4) is 0 Å². The Morgan fingerprint density at radius 1 is 1.45 bits per heavy atom. The molecule has 0 fully saturated rings. The number of aromatic amines is 1. The summed E-state index contributed by atoms with van der Waals surface area (Å²) in [5.41, 5.74) is 5.66. The number of nitrogens with two attached hydrogens (primary N) is 1. The van der Waals surface area contributed by atoms with E-state index in [0.29, 0.717) is 11.1 Å². The Hall–Kier alpha value is -1.53. The fraction of sp³-hybridized carbons (Fsp3) is 0.286. The lowest BCUT2D eigenvalue weighted by molar-refractivity contribution is -0.118. The lowest BCUT2D eigenvalue weighted by atomic mass is 10.1. The number of nitrogens with one attached hydrogen (secondary N) is 1. The number of benzene rings is 1. The minimum Gasteiger partial charge on any atom is -0.328 e. The van der Waals surface area contributed by atoms with Crippen molar-refractivity contribution in [2.75, 3.05) is 0 Å². The summed E-state index contributed by atoms with van der Waals surface area (Å²) in [5.74, 6) is -0.542. The van der Waals surface area contributed by atoms with Crippen LogP contribution in [-0.4, -0.2) is 16.8 Å². The Kier molecular flexibility index (Phi) is 4.35. The molecule has 0 aliphatic rings. The molecule has 0 spiro atoms. The van der Waals surface area contributed by atoms with Crippen LogP contribution in [0, 0.1) is 5.82 Å². The van der Waals surface area contributed by atoms with Crippen LogP contribution < -0.4 is 11.3 Å². The Bertz CT molecular complexity index is 725. The molecular formula is C14H14BrFN2O2. The van der Waals surface area contributed by atoms with Gasteiger partial charge in [0.2, 0.25) is 0 Å². The summed E-state index contributed by atoms with van der Waals surface area (Å²) in [6.07, 6.45) is 0.370. The molecule has 0 unspecified atom stereocenters. The molecule has 0 bridgehead atoms. The van der Waals surface area contributed by atoms with E-state index in [1.165, 1.54) is 12.1 Å². The number of carbonyl (C=O) groups excluding carboxylic acids is 1. The zero-order valence-electron chi connectivity index (χ0n) is 10.9. The van der Waals surface area contributed by atoms with Crippen molar-refractivity contribution in [3.8, 4) is 0 Å². The molecule has 106 valence electrons. The van der Waals surface area contributed by atoms with Crippen LogP contribution in [0.25, 0.3) is 10.8 Å². The van der Waals surface area contributed by atoms with Gasteiger partial charge in [0.05, 0.1) is 4.47 Å². The number of hydrogen-bond acceptors (Lipinski definition) is 3. The number of carbonyl (C=O) groups is 1. The lowest BCUT2D eigenvalue weighted by Gasteiger charge is -2.06. The monoisotopic (exact) mass is 340 g/mol. The quantitative estimate of drug-likeness (QED) is 0.896. The molecule has 3 N–H and O–H groups in total. The molecule has 1 heterocycles. The van der Waals surface area contributed by atoms with Crippen LogP contribution >= 0.6 is 15.9 Å². The Morgan fingerprint density at radius 2 is 2.15 bits per heavy atom. The van der Waals surface area contributed by atoms with E-state index in [2.05, 4.69) is 20.9 Å². The van der Waals surface area contributed by atoms with Gasteiger partial charge in [0.15, 0.2) is 0 Å². The van der Waals surface area contributed by atoms with E-state index in [-0.39, 0.29) is 34.5 Å². The summed E-state index contributed by atoms with van der Waals surface area (Å²) in [6.45, 7) is 1.75. The van der Waals surface area contributed by atoms with Crippen molar-refractivity contribution in [2.45, 2.75) is 25.8 Å². The predicted molar refractivity (Wildman–Crippen MR) is 79.2 cm³/mol. The summed E-state index contributed by atoms with van der Waals surface area (Å²) in [6, 6.07) is 4.17. The number of aromatic nitrogens is 1. The molecular weight excluding hydrogens is 327 g/mol. The largest absolute Gasteiger partial charge is 0.328 e. The van der Waals surface area contributed by atoms with Crippen molar-refractivity contribution in [1.29, 1.82) is 0 Å². The van der Waals surface area contributed by atoms with Crippen LogP contribution in [0.15, 0.2) is 27.5 Å². The van der Waals surface area contributed by atoms with Crippen LogP contribution in [-0.2, 0) is 11.2 Å². The van der Waals surface area contributed by atoms with E-state index >= 15 is 0 Å². The standard InChI is InChI=1S/C14H14BrFN2O2/c1-7(17)2-10(19)5-9-3-8-4-12(15)13(16)6-11(8)14(20)18-9/h3-4,6-7H,2,5,17H2,1H3,(H,18,20)/t7-/m0/s1. The molecule has 20 heavy (non-hydrogen) atoms. The molecule has 1 aromatic heterocycles. The lowest BCUT2D eigenvalue weighted by Crippen LogP contribution is -2.21. The van der Waals surface area contributed by atoms with Gasteiger partial charge in [0.25, 0.3) is 5.56 Å². The molecule has 0 aliphatic carbocycles. The van der Waals surface area contributed by atoms with Crippen LogP contribution in [0.1, 0.15) is 19.0 Å². The molecule has 4 nitrogen and oxygen atoms in total. The molecule has 6 heteroatoms. The highest BCUT2D eigenvalue weighted by Gasteiger charge is 2.11. The van der Waals surface area contributed by atoms with E-state index in [1.807, 2.05) is 0 Å². The zero-order chi connectivity index (χ0) is 14.9. The second-order valence-corrected chi connectivity index (χ2v) is 5.73. The number of pyridine rings is 1. The molecule has 0 aliphatic heterocycles. The first-order valence-corrected chi connectivity index (χ1v) is 6.94. The third-order valence-electron chi connectivity index (χ3n) is 2.88. The average Bonchev–Trinajstić information content (AvgIpc) is 2.30. The van der Waals surface area contributed by atoms with Gasteiger partial charge in [0.1, 0.15) is 11.6 Å². The second-order valence-electron chi connectivity index (χ2n) is 4.87. The Labute approximate surface area is 123 Å². The predicted octanol–water partition coefficient (Wildman–Crippen LogP) is 2.28. The van der Waals surface area contributed by atoms with Gasteiger partial charge in [-0.15, -0.1) is 0 Å². The average molecular weight is 341 g/mol. The molecule has 2 aromatic rings. The molecule has 0 amide bonds. The Morgan fingerprint density at radius 3 is 2.80 bits per heavy atom. The summed E-state index contributed by atoms with van der Waals surface area (Å²) in [4.78, 5) is 26.2. The van der Waals surface area contributed by atoms with Gasteiger partial charge >= 0.3 is 0 Å². The van der Waals surface area contributed by atoms with E-state index in [1.54, 1.807) is 13.0 Å². The van der Waals surface area contributed by atoms with Gasteiger partial charge in [-0.3, -0.25) is 9.59 Å². The fourth-order valence-electron chi connectivity index (χ4n) is 2.05. The number of Topliss-reactive ketones (excluding diaryl/α,β-unsaturated/α-hetero) is 1. The second kappa shape index (κ2) is 5.85. The zero-order valence-corrected chi connectivity index (χ0v) is 12.5. The van der Waals surface area contributed by atoms with E-state index in [9.17, 15) is 14.0 Å². The summed E-state index contributed by atoms with van der Waals surface area (Å²) in [5, 5.41) is 0.847. The third-order valence-corrected chi connectivity index (χ3v) is 3.49.